The van der Waals surface area contributed by atoms with Crippen molar-refractivity contribution in [3.05, 3.63) is 89.2 Å². The summed E-state index contributed by atoms with van der Waals surface area (Å²) in [5.41, 5.74) is 5.39. The monoisotopic (exact) mass is 459 g/mol. The molecule has 0 aliphatic heterocycles. The average molecular weight is 460 g/mol. The number of carboxylic acid groups (broad SMARTS) is 1. The molecule has 4 rings (SSSR count). The highest BCUT2D eigenvalue weighted by molar-refractivity contribution is 5.94. The smallest absolute Gasteiger partial charge is 0.407 e. The van der Waals surface area contributed by atoms with Gasteiger partial charge in [-0.3, -0.25) is 14.6 Å². The number of pyridine rings is 1. The van der Waals surface area contributed by atoms with Crippen LogP contribution in [0, 0.1) is 0 Å². The number of fused-ring (bicyclic) bond motifs is 3. The largest absolute Gasteiger partial charge is 0.481 e. The predicted octanol–water partition coefficient (Wildman–Crippen LogP) is 3.71. The van der Waals surface area contributed by atoms with Crippen LogP contribution in [0.1, 0.15) is 46.4 Å². The molecular formula is C26H25N3O5. The quantitative estimate of drug-likeness (QED) is 0.473. The Labute approximate surface area is 197 Å². The van der Waals surface area contributed by atoms with Crippen LogP contribution in [0.25, 0.3) is 11.1 Å². The number of rotatable bonds is 8. The molecule has 0 saturated heterocycles. The minimum atomic E-state index is -0.990. The number of carboxylic acids is 1. The van der Waals surface area contributed by atoms with Gasteiger partial charge in [0.1, 0.15) is 6.61 Å². The van der Waals surface area contributed by atoms with Gasteiger partial charge in [-0.1, -0.05) is 48.5 Å². The second kappa shape index (κ2) is 10.2. The number of hydrogen-bond acceptors (Lipinski definition) is 5. The first kappa shape index (κ1) is 23.0. The van der Waals surface area contributed by atoms with Crippen LogP contribution in [-0.2, 0) is 16.1 Å². The molecule has 34 heavy (non-hydrogen) atoms. The van der Waals surface area contributed by atoms with Gasteiger partial charge in [0.05, 0.1) is 18.7 Å². The third-order valence-electron chi connectivity index (χ3n) is 5.69. The molecule has 8 nitrogen and oxygen atoms in total. The topological polar surface area (TPSA) is 118 Å². The van der Waals surface area contributed by atoms with Crippen molar-refractivity contribution in [1.82, 2.24) is 15.6 Å². The van der Waals surface area contributed by atoms with E-state index in [1.165, 1.54) is 12.3 Å². The van der Waals surface area contributed by atoms with Crippen LogP contribution < -0.4 is 10.6 Å². The predicted molar refractivity (Wildman–Crippen MR) is 125 cm³/mol. The zero-order valence-electron chi connectivity index (χ0n) is 18.7. The molecule has 3 N–H and O–H groups in total. The molecule has 0 bridgehead atoms. The van der Waals surface area contributed by atoms with Crippen LogP contribution in [0.2, 0.25) is 0 Å². The lowest BCUT2D eigenvalue weighted by Crippen LogP contribution is -2.34. The van der Waals surface area contributed by atoms with Crippen molar-refractivity contribution in [3.8, 4) is 11.1 Å². The third-order valence-corrected chi connectivity index (χ3v) is 5.69. The lowest BCUT2D eigenvalue weighted by Gasteiger charge is -2.15. The van der Waals surface area contributed by atoms with Crippen LogP contribution in [0.5, 0.6) is 0 Å². The highest BCUT2D eigenvalue weighted by Gasteiger charge is 2.29. The first-order chi connectivity index (χ1) is 16.4. The molecule has 1 atom stereocenters. The summed E-state index contributed by atoms with van der Waals surface area (Å²) in [4.78, 5) is 39.7. The summed E-state index contributed by atoms with van der Waals surface area (Å²) >= 11 is 0. The Kier molecular flexibility index (Phi) is 6.87. The van der Waals surface area contributed by atoms with Crippen molar-refractivity contribution < 1.29 is 24.2 Å². The zero-order valence-corrected chi connectivity index (χ0v) is 18.7. The van der Waals surface area contributed by atoms with Gasteiger partial charge in [-0.15, -0.1) is 0 Å². The third kappa shape index (κ3) is 5.23. The highest BCUT2D eigenvalue weighted by atomic mass is 16.5. The van der Waals surface area contributed by atoms with Crippen LogP contribution in [0.4, 0.5) is 4.79 Å². The molecule has 1 unspecified atom stereocenters. The van der Waals surface area contributed by atoms with E-state index < -0.39 is 24.0 Å². The van der Waals surface area contributed by atoms with Crippen LogP contribution in [-0.4, -0.2) is 40.7 Å². The summed E-state index contributed by atoms with van der Waals surface area (Å²) in [6, 6.07) is 18.8. The first-order valence-electron chi connectivity index (χ1n) is 11.0. The minimum absolute atomic E-state index is 0.0314. The maximum Gasteiger partial charge on any atom is 0.407 e. The average Bonchev–Trinajstić information content (AvgIpc) is 3.15. The molecule has 2 aromatic carbocycles. The molecule has 1 aromatic heterocycles. The van der Waals surface area contributed by atoms with E-state index in [0.717, 1.165) is 22.3 Å². The van der Waals surface area contributed by atoms with Crippen molar-refractivity contribution >= 4 is 18.0 Å². The van der Waals surface area contributed by atoms with Crippen molar-refractivity contribution in [3.63, 3.8) is 0 Å². The number of amides is 2. The van der Waals surface area contributed by atoms with E-state index in [2.05, 4.69) is 39.9 Å². The molecule has 174 valence electrons. The lowest BCUT2D eigenvalue weighted by atomic mass is 9.98. The molecule has 1 heterocycles. The second-order valence-electron chi connectivity index (χ2n) is 8.19. The van der Waals surface area contributed by atoms with Crippen molar-refractivity contribution in [2.24, 2.45) is 0 Å². The highest BCUT2D eigenvalue weighted by Crippen LogP contribution is 2.44. The molecule has 0 radical (unpaired) electrons. The van der Waals surface area contributed by atoms with Crippen LogP contribution in [0.3, 0.4) is 0 Å². The zero-order chi connectivity index (χ0) is 24.1. The Bertz CT molecular complexity index is 1180. The molecule has 0 spiro atoms. The van der Waals surface area contributed by atoms with Crippen molar-refractivity contribution in [1.29, 1.82) is 0 Å². The van der Waals surface area contributed by atoms with Crippen LogP contribution >= 0.6 is 0 Å². The number of aromatic nitrogens is 1. The number of alkyl carbamates (subject to hydrolysis) is 1. The Morgan fingerprint density at radius 3 is 2.32 bits per heavy atom. The fraction of sp³-hybridized carbons (Fsp3) is 0.231. The van der Waals surface area contributed by atoms with Crippen molar-refractivity contribution in [2.75, 3.05) is 6.61 Å². The Morgan fingerprint density at radius 2 is 1.68 bits per heavy atom. The summed E-state index contributed by atoms with van der Waals surface area (Å²) < 4.78 is 5.52. The number of ether oxygens (including phenoxy) is 1. The number of carbonyl (C=O) groups excluding carboxylic acids is 2. The van der Waals surface area contributed by atoms with Gasteiger partial charge < -0.3 is 20.5 Å². The van der Waals surface area contributed by atoms with E-state index in [1.807, 2.05) is 24.3 Å². The molecule has 1 aliphatic rings. The lowest BCUT2D eigenvalue weighted by molar-refractivity contribution is -0.137. The van der Waals surface area contributed by atoms with Gasteiger partial charge in [-0.25, -0.2) is 4.79 Å². The SMILES string of the molecule is CC(CC(=O)O)NC(=O)c1ccnc(CNC(=O)OCC2c3ccccc3-c3ccccc32)c1. The second-order valence-corrected chi connectivity index (χ2v) is 8.19. The van der Waals surface area contributed by atoms with Crippen molar-refractivity contribution in [2.45, 2.75) is 31.8 Å². The number of aliphatic carboxylic acids is 1. The van der Waals surface area contributed by atoms with E-state index in [1.54, 1.807) is 13.0 Å². The number of benzene rings is 2. The fourth-order valence-corrected chi connectivity index (χ4v) is 4.15. The normalized spacial score (nSPS) is 12.9. The van der Waals surface area contributed by atoms with Crippen LogP contribution in [0.15, 0.2) is 66.9 Å². The maximum atomic E-state index is 12.4. The minimum Gasteiger partial charge on any atom is -0.481 e. The molecule has 0 saturated carbocycles. The molecule has 1 aliphatic carbocycles. The van der Waals surface area contributed by atoms with E-state index in [0.29, 0.717) is 11.3 Å². The van der Waals surface area contributed by atoms with E-state index in [9.17, 15) is 14.4 Å². The summed E-state index contributed by atoms with van der Waals surface area (Å²) in [5.74, 6) is -1.43. The van der Waals surface area contributed by atoms with E-state index >= 15 is 0 Å². The van der Waals surface area contributed by atoms with Gasteiger partial charge in [-0.2, -0.15) is 0 Å². The molecule has 2 amide bonds. The fourth-order valence-electron chi connectivity index (χ4n) is 4.15. The van der Waals surface area contributed by atoms with E-state index in [-0.39, 0.29) is 25.5 Å². The van der Waals surface area contributed by atoms with Gasteiger partial charge in [-0.05, 0) is 41.3 Å². The maximum absolute atomic E-state index is 12.4. The van der Waals surface area contributed by atoms with E-state index in [4.69, 9.17) is 9.84 Å². The number of hydrogen-bond donors (Lipinski definition) is 3. The standard InChI is InChI=1S/C26H25N3O5/c1-16(12-24(30)31)29-25(32)17-10-11-27-18(13-17)14-28-26(33)34-15-23-21-8-4-2-6-19(21)20-7-3-5-9-22(20)23/h2-11,13,16,23H,12,14-15H2,1H3,(H,28,33)(H,29,32)(H,30,31). The molecule has 0 fully saturated rings. The summed E-state index contributed by atoms with van der Waals surface area (Å²) in [6.07, 6.45) is 0.715. The number of nitrogens with one attached hydrogen (secondary N) is 2. The summed E-state index contributed by atoms with van der Waals surface area (Å²) in [6.45, 7) is 1.91. The first-order valence-corrected chi connectivity index (χ1v) is 11.0. The summed E-state index contributed by atoms with van der Waals surface area (Å²) in [7, 11) is 0. The summed E-state index contributed by atoms with van der Waals surface area (Å²) in [5, 5.41) is 14.1. The van der Waals surface area contributed by atoms with Gasteiger partial charge in [0.2, 0.25) is 0 Å². The Balaban J connectivity index is 1.32. The van der Waals surface area contributed by atoms with Gasteiger partial charge in [0.15, 0.2) is 0 Å². The Hall–Kier alpha value is -4.20. The van der Waals surface area contributed by atoms with Gasteiger partial charge in [0.25, 0.3) is 5.91 Å². The van der Waals surface area contributed by atoms with Gasteiger partial charge >= 0.3 is 12.1 Å². The molecule has 3 aromatic rings. The Morgan fingerprint density at radius 1 is 1.03 bits per heavy atom. The van der Waals surface area contributed by atoms with Gasteiger partial charge in [0, 0.05) is 23.7 Å². The number of nitrogens with zero attached hydrogens (tertiary/aromatic N) is 1. The molecular weight excluding hydrogens is 434 g/mol. The molecule has 8 heteroatoms. The number of carbonyl (C=O) groups is 3.